The fraction of sp³-hybridized carbons (Fsp3) is 0.364. The summed E-state index contributed by atoms with van der Waals surface area (Å²) < 4.78 is 11.8. The predicted molar refractivity (Wildman–Crippen MR) is 164 cm³/mol. The van der Waals surface area contributed by atoms with Gasteiger partial charge in [0.2, 0.25) is 11.8 Å². The number of fused-ring (bicyclic) bond motifs is 1. The van der Waals surface area contributed by atoms with Gasteiger partial charge in [-0.25, -0.2) is 0 Å². The van der Waals surface area contributed by atoms with Gasteiger partial charge in [0.1, 0.15) is 6.04 Å². The van der Waals surface area contributed by atoms with E-state index in [4.69, 9.17) is 21.1 Å². The first-order valence-corrected chi connectivity index (χ1v) is 14.8. The number of nitrogens with zero attached hydrogens (tertiary/aromatic N) is 2. The number of nitrogens with one attached hydrogen (secondary N) is 1. The second-order valence-electron chi connectivity index (χ2n) is 11.0. The molecular formula is C33H36ClN3O6. The zero-order valence-electron chi connectivity index (χ0n) is 24.7. The molecule has 0 bridgehead atoms. The van der Waals surface area contributed by atoms with E-state index in [0.717, 1.165) is 23.1 Å². The van der Waals surface area contributed by atoms with Gasteiger partial charge in [-0.2, -0.15) is 0 Å². The summed E-state index contributed by atoms with van der Waals surface area (Å²) in [5, 5.41) is 13.3. The molecule has 0 aromatic heterocycles. The molecule has 1 saturated heterocycles. The van der Waals surface area contributed by atoms with Gasteiger partial charge in [-0.15, -0.1) is 0 Å². The summed E-state index contributed by atoms with van der Waals surface area (Å²) in [6, 6.07) is 16.8. The number of aliphatic hydroxyl groups excluding tert-OH is 1. The highest BCUT2D eigenvalue weighted by Gasteiger charge is 2.39. The average molecular weight is 606 g/mol. The van der Waals surface area contributed by atoms with Crippen molar-refractivity contribution in [3.05, 3.63) is 87.9 Å². The van der Waals surface area contributed by atoms with E-state index in [1.54, 1.807) is 48.4 Å². The Morgan fingerprint density at radius 3 is 2.42 bits per heavy atom. The lowest BCUT2D eigenvalue weighted by Gasteiger charge is -2.38. The van der Waals surface area contributed by atoms with Gasteiger partial charge in [-0.3, -0.25) is 14.4 Å². The highest BCUT2D eigenvalue weighted by atomic mass is 35.5. The molecule has 0 spiro atoms. The first kappa shape index (κ1) is 30.4. The molecule has 3 aromatic carbocycles. The third kappa shape index (κ3) is 6.05. The molecule has 3 aromatic rings. The Balaban J connectivity index is 1.54. The number of hydrogen-bond donors (Lipinski definition) is 2. The maximum Gasteiger partial charge on any atom is 0.254 e. The first-order valence-electron chi connectivity index (χ1n) is 14.4. The molecule has 0 saturated carbocycles. The topological polar surface area (TPSA) is 108 Å². The van der Waals surface area contributed by atoms with Crippen molar-refractivity contribution in [1.82, 2.24) is 10.2 Å². The van der Waals surface area contributed by atoms with Crippen molar-refractivity contribution in [1.29, 1.82) is 0 Å². The van der Waals surface area contributed by atoms with Crippen LogP contribution in [-0.4, -0.2) is 66.7 Å². The second-order valence-corrected chi connectivity index (χ2v) is 11.4. The number of rotatable bonds is 8. The largest absolute Gasteiger partial charge is 0.493 e. The van der Waals surface area contributed by atoms with Crippen LogP contribution in [0.25, 0.3) is 0 Å². The van der Waals surface area contributed by atoms with E-state index in [1.165, 1.54) is 11.9 Å². The fourth-order valence-electron chi connectivity index (χ4n) is 5.76. The van der Waals surface area contributed by atoms with Crippen molar-refractivity contribution in [2.24, 2.45) is 0 Å². The van der Waals surface area contributed by atoms with Crippen LogP contribution in [0.3, 0.4) is 0 Å². The van der Waals surface area contributed by atoms with Gasteiger partial charge < -0.3 is 29.7 Å². The summed E-state index contributed by atoms with van der Waals surface area (Å²) in [4.78, 5) is 42.7. The van der Waals surface area contributed by atoms with E-state index in [2.05, 4.69) is 5.32 Å². The number of halogens is 1. The predicted octanol–water partition coefficient (Wildman–Crippen LogP) is 4.53. The number of β-amino-alcohol motifs (C(OH)–C–C–N with tert-alkyl or cyclic N) is 1. The van der Waals surface area contributed by atoms with Crippen LogP contribution in [-0.2, 0) is 16.0 Å². The Hall–Kier alpha value is -4.08. The Bertz CT molecular complexity index is 1510. The van der Waals surface area contributed by atoms with Crippen LogP contribution in [0, 0.1) is 0 Å². The van der Waals surface area contributed by atoms with Crippen LogP contribution >= 0.6 is 11.6 Å². The minimum Gasteiger partial charge on any atom is -0.493 e. The summed E-state index contributed by atoms with van der Waals surface area (Å²) in [5.41, 5.74) is 3.57. The third-order valence-corrected chi connectivity index (χ3v) is 8.41. The van der Waals surface area contributed by atoms with Crippen molar-refractivity contribution < 1.29 is 29.0 Å². The molecule has 2 aliphatic heterocycles. The lowest BCUT2D eigenvalue weighted by atomic mass is 9.86. The molecule has 3 amide bonds. The van der Waals surface area contributed by atoms with Crippen molar-refractivity contribution >= 4 is 35.0 Å². The molecule has 226 valence electrons. The number of carbonyl (C=O) groups is 3. The van der Waals surface area contributed by atoms with E-state index in [1.807, 2.05) is 38.1 Å². The van der Waals surface area contributed by atoms with Crippen molar-refractivity contribution in [3.63, 3.8) is 0 Å². The number of anilines is 1. The number of amides is 3. The summed E-state index contributed by atoms with van der Waals surface area (Å²) in [6.07, 6.45) is 0.342. The van der Waals surface area contributed by atoms with Crippen LogP contribution < -0.4 is 19.7 Å². The fourth-order valence-corrected chi connectivity index (χ4v) is 5.88. The molecule has 4 atom stereocenters. The number of likely N-dealkylation sites (tertiary alicyclic amines) is 1. The normalized spacial score (nSPS) is 20.4. The van der Waals surface area contributed by atoms with E-state index < -0.39 is 18.2 Å². The molecule has 1 fully saturated rings. The minimum absolute atomic E-state index is 0.0351. The Morgan fingerprint density at radius 1 is 1.09 bits per heavy atom. The quantitative estimate of drug-likeness (QED) is 0.391. The molecule has 1 unspecified atom stereocenters. The van der Waals surface area contributed by atoms with Gasteiger partial charge in [0.15, 0.2) is 11.5 Å². The average Bonchev–Trinajstić information content (AvgIpc) is 3.41. The van der Waals surface area contributed by atoms with Crippen LogP contribution in [0.4, 0.5) is 5.69 Å². The number of hydrogen-bond acceptors (Lipinski definition) is 6. The molecule has 2 aliphatic rings. The Morgan fingerprint density at radius 2 is 1.79 bits per heavy atom. The summed E-state index contributed by atoms with van der Waals surface area (Å²) >= 11 is 6.23. The molecular weight excluding hydrogens is 570 g/mol. The van der Waals surface area contributed by atoms with Gasteiger partial charge in [0.05, 0.1) is 31.8 Å². The van der Waals surface area contributed by atoms with Gasteiger partial charge in [-0.1, -0.05) is 30.7 Å². The highest BCUT2D eigenvalue weighted by Crippen LogP contribution is 2.44. The molecule has 0 radical (unpaired) electrons. The van der Waals surface area contributed by atoms with Crippen molar-refractivity contribution in [2.45, 2.75) is 57.4 Å². The summed E-state index contributed by atoms with van der Waals surface area (Å²) in [7, 11) is 3.09. The molecule has 10 heteroatoms. The molecule has 2 N–H and O–H groups in total. The number of likely N-dealkylation sites (N-methyl/N-ethyl adjacent to an activating group) is 1. The molecule has 5 rings (SSSR count). The summed E-state index contributed by atoms with van der Waals surface area (Å²) in [5.74, 6) is 0.369. The zero-order valence-corrected chi connectivity index (χ0v) is 25.4. The van der Waals surface area contributed by atoms with E-state index in [9.17, 15) is 19.5 Å². The third-order valence-electron chi connectivity index (χ3n) is 8.16. The van der Waals surface area contributed by atoms with Crippen molar-refractivity contribution in [2.75, 3.05) is 25.6 Å². The molecule has 43 heavy (non-hydrogen) atoms. The maximum atomic E-state index is 13.8. The van der Waals surface area contributed by atoms with Gasteiger partial charge >= 0.3 is 0 Å². The monoisotopic (exact) mass is 605 g/mol. The number of ether oxygens (including phenoxy) is 2. The number of methoxy groups -OCH3 is 1. The smallest absolute Gasteiger partial charge is 0.254 e. The second kappa shape index (κ2) is 12.7. The standard InChI is InChI=1S/C33H36ClN3O6/c1-5-19(2)43-29-17-26-22(14-28(29)42-4)15-30(39)37(31(26)20-6-10-23(34)11-7-20)24-12-8-21(9-13-24)33(41)36-18-25(38)16-27(36)32(40)35-3/h6-14,17,19,25,27,31,38H,5,15-16,18H2,1-4H3,(H,35,40)/t19-,25+,27-,31?/m1/s1. The maximum absolute atomic E-state index is 13.8. The first-order chi connectivity index (χ1) is 20.6. The molecule has 2 heterocycles. The number of benzene rings is 3. The van der Waals surface area contributed by atoms with E-state index >= 15 is 0 Å². The van der Waals surface area contributed by atoms with E-state index in [-0.39, 0.29) is 43.2 Å². The zero-order chi connectivity index (χ0) is 30.8. The van der Waals surface area contributed by atoms with E-state index in [0.29, 0.717) is 27.8 Å². The Kier molecular flexibility index (Phi) is 8.94. The number of carbonyl (C=O) groups excluding carboxylic acids is 3. The van der Waals surface area contributed by atoms with Crippen LogP contribution in [0.2, 0.25) is 5.02 Å². The van der Waals surface area contributed by atoms with Crippen molar-refractivity contribution in [3.8, 4) is 11.5 Å². The number of aliphatic hydroxyl groups is 1. The SMILES string of the molecule is CC[C@@H](C)Oc1cc2c(cc1OC)CC(=O)N(c1ccc(C(=O)N3C[C@@H](O)C[C@@H]3C(=O)NC)cc1)C2c1ccc(Cl)cc1. The lowest BCUT2D eigenvalue weighted by Crippen LogP contribution is -2.45. The molecule has 9 nitrogen and oxygen atoms in total. The minimum atomic E-state index is -0.774. The summed E-state index contributed by atoms with van der Waals surface area (Å²) in [6.45, 7) is 4.11. The van der Waals surface area contributed by atoms with Gasteiger partial charge in [0, 0.05) is 36.3 Å². The molecule has 0 aliphatic carbocycles. The lowest BCUT2D eigenvalue weighted by molar-refractivity contribution is -0.124. The van der Waals surface area contributed by atoms with Gasteiger partial charge in [0.25, 0.3) is 5.91 Å². The Labute approximate surface area is 256 Å². The van der Waals surface area contributed by atoms with Gasteiger partial charge in [-0.05, 0) is 78.6 Å². The highest BCUT2D eigenvalue weighted by molar-refractivity contribution is 6.30. The van der Waals surface area contributed by atoms with Crippen LogP contribution in [0.5, 0.6) is 11.5 Å². The van der Waals surface area contributed by atoms with Crippen LogP contribution in [0.15, 0.2) is 60.7 Å². The van der Waals surface area contributed by atoms with Crippen LogP contribution in [0.1, 0.15) is 59.8 Å².